The standard InChI is InChI=1S/C22H26N2O4/c1-5-14-8-6-7-13(2)20(14)24-22(26)17-12-16(17)21(25)23-15-9-10-18(27-3)19(11-15)28-4/h6-11,16-17H,5,12H2,1-4H3,(H,23,25)(H,24,26). The molecule has 3 rings (SSSR count). The number of aryl methyl sites for hydroxylation is 2. The number of para-hydroxylation sites is 1. The van der Waals surface area contributed by atoms with Crippen LogP contribution in [0.2, 0.25) is 0 Å². The van der Waals surface area contributed by atoms with Crippen LogP contribution in [0.25, 0.3) is 0 Å². The summed E-state index contributed by atoms with van der Waals surface area (Å²) in [6.45, 7) is 4.03. The van der Waals surface area contributed by atoms with Crippen LogP contribution in [-0.4, -0.2) is 26.0 Å². The molecular weight excluding hydrogens is 356 g/mol. The van der Waals surface area contributed by atoms with Crippen molar-refractivity contribution in [2.45, 2.75) is 26.7 Å². The molecule has 2 unspecified atom stereocenters. The summed E-state index contributed by atoms with van der Waals surface area (Å²) in [6, 6.07) is 11.2. The van der Waals surface area contributed by atoms with E-state index >= 15 is 0 Å². The summed E-state index contributed by atoms with van der Waals surface area (Å²) in [5.74, 6) is 0.252. The van der Waals surface area contributed by atoms with Crippen molar-refractivity contribution in [2.24, 2.45) is 11.8 Å². The summed E-state index contributed by atoms with van der Waals surface area (Å²) >= 11 is 0. The maximum atomic E-state index is 12.6. The molecule has 0 aromatic heterocycles. The van der Waals surface area contributed by atoms with Crippen molar-refractivity contribution in [3.8, 4) is 11.5 Å². The van der Waals surface area contributed by atoms with Gasteiger partial charge < -0.3 is 20.1 Å². The number of carbonyl (C=O) groups excluding carboxylic acids is 2. The lowest BCUT2D eigenvalue weighted by molar-refractivity contribution is -0.122. The predicted octanol–water partition coefficient (Wildman–Crippen LogP) is 3.79. The number of hydrogen-bond donors (Lipinski definition) is 2. The van der Waals surface area contributed by atoms with Gasteiger partial charge >= 0.3 is 0 Å². The number of carbonyl (C=O) groups is 2. The molecule has 0 spiro atoms. The quantitative estimate of drug-likeness (QED) is 0.764. The number of amides is 2. The molecule has 6 nitrogen and oxygen atoms in total. The number of ether oxygens (including phenoxy) is 2. The SMILES string of the molecule is CCc1cccc(C)c1NC(=O)C1CC1C(=O)Nc1ccc(OC)c(OC)c1. The van der Waals surface area contributed by atoms with Gasteiger partial charge in [0.2, 0.25) is 11.8 Å². The molecule has 2 aromatic rings. The average molecular weight is 382 g/mol. The van der Waals surface area contributed by atoms with E-state index in [2.05, 4.69) is 17.6 Å². The van der Waals surface area contributed by atoms with E-state index in [-0.39, 0.29) is 23.7 Å². The molecule has 148 valence electrons. The maximum absolute atomic E-state index is 12.6. The van der Waals surface area contributed by atoms with Crippen LogP contribution in [0, 0.1) is 18.8 Å². The smallest absolute Gasteiger partial charge is 0.228 e. The van der Waals surface area contributed by atoms with Gasteiger partial charge in [0, 0.05) is 17.4 Å². The van der Waals surface area contributed by atoms with Crippen molar-refractivity contribution < 1.29 is 19.1 Å². The Bertz CT molecular complexity index is 894. The Morgan fingerprint density at radius 1 is 1.00 bits per heavy atom. The highest BCUT2D eigenvalue weighted by atomic mass is 16.5. The second kappa shape index (κ2) is 8.33. The number of benzene rings is 2. The molecule has 1 fully saturated rings. The van der Waals surface area contributed by atoms with Crippen molar-refractivity contribution >= 4 is 23.2 Å². The molecule has 2 amide bonds. The van der Waals surface area contributed by atoms with Crippen LogP contribution in [0.1, 0.15) is 24.5 Å². The van der Waals surface area contributed by atoms with Crippen molar-refractivity contribution in [3.63, 3.8) is 0 Å². The van der Waals surface area contributed by atoms with Gasteiger partial charge in [-0.15, -0.1) is 0 Å². The molecule has 0 heterocycles. The zero-order chi connectivity index (χ0) is 20.3. The van der Waals surface area contributed by atoms with E-state index in [1.165, 1.54) is 0 Å². The number of methoxy groups -OCH3 is 2. The molecule has 2 N–H and O–H groups in total. The lowest BCUT2D eigenvalue weighted by Crippen LogP contribution is -2.21. The number of hydrogen-bond acceptors (Lipinski definition) is 4. The molecule has 0 saturated heterocycles. The fraction of sp³-hybridized carbons (Fsp3) is 0.364. The Hall–Kier alpha value is -3.02. The molecule has 2 aromatic carbocycles. The minimum absolute atomic E-state index is 0.100. The van der Waals surface area contributed by atoms with E-state index < -0.39 is 0 Å². The van der Waals surface area contributed by atoms with Gasteiger partial charge in [-0.1, -0.05) is 25.1 Å². The van der Waals surface area contributed by atoms with E-state index in [0.29, 0.717) is 23.6 Å². The lowest BCUT2D eigenvalue weighted by atomic mass is 10.1. The minimum Gasteiger partial charge on any atom is -0.493 e. The molecule has 0 aliphatic heterocycles. The van der Waals surface area contributed by atoms with E-state index in [4.69, 9.17) is 9.47 Å². The summed E-state index contributed by atoms with van der Waals surface area (Å²) < 4.78 is 10.5. The fourth-order valence-corrected chi connectivity index (χ4v) is 3.34. The molecule has 6 heteroatoms. The highest BCUT2D eigenvalue weighted by Gasteiger charge is 2.48. The van der Waals surface area contributed by atoms with Gasteiger partial charge in [0.15, 0.2) is 11.5 Å². The van der Waals surface area contributed by atoms with Crippen molar-refractivity contribution in [3.05, 3.63) is 47.5 Å². The first kappa shape index (κ1) is 19.7. The van der Waals surface area contributed by atoms with Crippen molar-refractivity contribution in [1.82, 2.24) is 0 Å². The Labute approximate surface area is 165 Å². The summed E-state index contributed by atoms with van der Waals surface area (Å²) in [4.78, 5) is 25.1. The van der Waals surface area contributed by atoms with Crippen LogP contribution in [0.4, 0.5) is 11.4 Å². The van der Waals surface area contributed by atoms with E-state index in [9.17, 15) is 9.59 Å². The highest BCUT2D eigenvalue weighted by molar-refractivity contribution is 6.03. The third kappa shape index (κ3) is 4.11. The average Bonchev–Trinajstić information content (AvgIpc) is 3.50. The molecule has 1 aliphatic carbocycles. The Balaban J connectivity index is 1.62. The highest BCUT2D eigenvalue weighted by Crippen LogP contribution is 2.41. The summed E-state index contributed by atoms with van der Waals surface area (Å²) in [6.07, 6.45) is 1.39. The van der Waals surface area contributed by atoms with Gasteiger partial charge in [0.25, 0.3) is 0 Å². The first-order chi connectivity index (χ1) is 13.5. The van der Waals surface area contributed by atoms with Gasteiger partial charge in [0.1, 0.15) is 0 Å². The van der Waals surface area contributed by atoms with Crippen molar-refractivity contribution in [2.75, 3.05) is 24.9 Å². The molecule has 2 atom stereocenters. The van der Waals surface area contributed by atoms with Crippen LogP contribution in [0.5, 0.6) is 11.5 Å². The Morgan fingerprint density at radius 3 is 2.32 bits per heavy atom. The number of anilines is 2. The maximum Gasteiger partial charge on any atom is 0.228 e. The number of rotatable bonds is 7. The first-order valence-electron chi connectivity index (χ1n) is 9.40. The molecule has 0 bridgehead atoms. The normalized spacial score (nSPS) is 17.6. The van der Waals surface area contributed by atoms with Crippen LogP contribution in [0.3, 0.4) is 0 Å². The van der Waals surface area contributed by atoms with Gasteiger partial charge in [-0.3, -0.25) is 9.59 Å². The second-order valence-corrected chi connectivity index (χ2v) is 6.96. The molecule has 1 saturated carbocycles. The Kier molecular flexibility index (Phi) is 5.87. The fourth-order valence-electron chi connectivity index (χ4n) is 3.34. The zero-order valence-corrected chi connectivity index (χ0v) is 16.7. The van der Waals surface area contributed by atoms with Gasteiger partial charge in [-0.25, -0.2) is 0 Å². The minimum atomic E-state index is -0.317. The van der Waals surface area contributed by atoms with Gasteiger partial charge in [-0.2, -0.15) is 0 Å². The lowest BCUT2D eigenvalue weighted by Gasteiger charge is -2.13. The van der Waals surface area contributed by atoms with Crippen molar-refractivity contribution in [1.29, 1.82) is 0 Å². The molecule has 0 radical (unpaired) electrons. The van der Waals surface area contributed by atoms with Gasteiger partial charge in [0.05, 0.1) is 26.1 Å². The van der Waals surface area contributed by atoms with Crippen LogP contribution in [0.15, 0.2) is 36.4 Å². The molecule has 1 aliphatic rings. The van der Waals surface area contributed by atoms with E-state index in [1.54, 1.807) is 32.4 Å². The second-order valence-electron chi connectivity index (χ2n) is 6.96. The van der Waals surface area contributed by atoms with Gasteiger partial charge in [-0.05, 0) is 43.0 Å². The largest absolute Gasteiger partial charge is 0.493 e. The molecular formula is C22H26N2O4. The van der Waals surface area contributed by atoms with E-state index in [0.717, 1.165) is 23.2 Å². The summed E-state index contributed by atoms with van der Waals surface area (Å²) in [7, 11) is 3.10. The summed E-state index contributed by atoms with van der Waals surface area (Å²) in [5.41, 5.74) is 3.60. The molecule has 28 heavy (non-hydrogen) atoms. The zero-order valence-electron chi connectivity index (χ0n) is 16.7. The topological polar surface area (TPSA) is 76.7 Å². The first-order valence-corrected chi connectivity index (χ1v) is 9.40. The van der Waals surface area contributed by atoms with Crippen LogP contribution in [-0.2, 0) is 16.0 Å². The summed E-state index contributed by atoms with van der Waals surface area (Å²) in [5, 5.41) is 5.88. The monoisotopic (exact) mass is 382 g/mol. The third-order valence-corrected chi connectivity index (χ3v) is 5.10. The van der Waals surface area contributed by atoms with Crippen LogP contribution < -0.4 is 20.1 Å². The number of nitrogens with one attached hydrogen (secondary N) is 2. The predicted molar refractivity (Wildman–Crippen MR) is 109 cm³/mol. The van der Waals surface area contributed by atoms with Crippen LogP contribution >= 0.6 is 0 Å². The third-order valence-electron chi connectivity index (χ3n) is 5.10. The van der Waals surface area contributed by atoms with E-state index in [1.807, 2.05) is 25.1 Å². The Morgan fingerprint density at radius 2 is 1.68 bits per heavy atom.